The van der Waals surface area contributed by atoms with Crippen LogP contribution in [0.1, 0.15) is 53.6 Å². The van der Waals surface area contributed by atoms with Crippen molar-refractivity contribution in [3.05, 3.63) is 59.1 Å². The van der Waals surface area contributed by atoms with Crippen molar-refractivity contribution in [3.8, 4) is 11.5 Å². The smallest absolute Gasteiger partial charge is 0.247 e. The number of methoxy groups -OCH3 is 1. The highest BCUT2D eigenvalue weighted by atomic mass is 16.5. The van der Waals surface area contributed by atoms with Gasteiger partial charge in [0.1, 0.15) is 18.5 Å². The standard InChI is InChI=1S/C27H32N2O8/c1-3-4-5-22(32)29(13-16-6-9-36-15-16)20-12-19(27(34)28-7-8-30)23-18-10-17(14-31)11-21(35-2)25(18)37-26(23)24(20)33/h6,9-12,14-15,20,23-24,26,30,33H,3-5,7-8,13H2,1-2H3,(H,28,34)/t20-,23+,24+,26+/m1/s1. The van der Waals surface area contributed by atoms with E-state index in [0.717, 1.165) is 12.0 Å². The fourth-order valence-corrected chi connectivity index (χ4v) is 4.97. The van der Waals surface area contributed by atoms with Gasteiger partial charge >= 0.3 is 0 Å². The lowest BCUT2D eigenvalue weighted by Gasteiger charge is -2.40. The van der Waals surface area contributed by atoms with Crippen LogP contribution >= 0.6 is 0 Å². The zero-order valence-electron chi connectivity index (χ0n) is 20.9. The number of ether oxygens (including phenoxy) is 2. The van der Waals surface area contributed by atoms with E-state index < -0.39 is 30.1 Å². The highest BCUT2D eigenvalue weighted by Crippen LogP contribution is 2.51. The van der Waals surface area contributed by atoms with Gasteiger partial charge in [0, 0.05) is 41.8 Å². The van der Waals surface area contributed by atoms with Crippen LogP contribution in [0.2, 0.25) is 0 Å². The first-order chi connectivity index (χ1) is 17.9. The van der Waals surface area contributed by atoms with Crippen LogP contribution in [0.3, 0.4) is 0 Å². The molecule has 198 valence electrons. The summed E-state index contributed by atoms with van der Waals surface area (Å²) >= 11 is 0. The van der Waals surface area contributed by atoms with Crippen molar-refractivity contribution in [1.82, 2.24) is 10.2 Å². The largest absolute Gasteiger partial charge is 0.493 e. The van der Waals surface area contributed by atoms with Crippen molar-refractivity contribution < 1.29 is 38.5 Å². The van der Waals surface area contributed by atoms with Crippen molar-refractivity contribution in [1.29, 1.82) is 0 Å². The molecule has 1 aromatic heterocycles. The van der Waals surface area contributed by atoms with Crippen molar-refractivity contribution in [3.63, 3.8) is 0 Å². The quantitative estimate of drug-likeness (QED) is 0.389. The Hall–Kier alpha value is -3.63. The summed E-state index contributed by atoms with van der Waals surface area (Å²) in [5, 5.41) is 23.5. The van der Waals surface area contributed by atoms with Crippen molar-refractivity contribution in [2.45, 2.75) is 56.9 Å². The summed E-state index contributed by atoms with van der Waals surface area (Å²) in [6.45, 7) is 1.94. The molecule has 0 fully saturated rings. The van der Waals surface area contributed by atoms with Crippen LogP contribution in [-0.4, -0.2) is 71.7 Å². The third-order valence-electron chi connectivity index (χ3n) is 6.77. The summed E-state index contributed by atoms with van der Waals surface area (Å²) in [5.74, 6) is -0.704. The van der Waals surface area contributed by atoms with E-state index in [1.165, 1.54) is 25.7 Å². The van der Waals surface area contributed by atoms with Gasteiger partial charge in [0.25, 0.3) is 0 Å². The third-order valence-corrected chi connectivity index (χ3v) is 6.77. The maximum Gasteiger partial charge on any atom is 0.247 e. The number of nitrogens with one attached hydrogen (secondary N) is 1. The number of nitrogens with zero attached hydrogens (tertiary/aromatic N) is 1. The SMILES string of the molecule is CCCCC(=O)N(Cc1ccoc1)[C@@H]1C=C(C(=O)NCCO)[C@@H]2c3cc(C=O)cc(OC)c3O[C@@H]2[C@H]1O. The Balaban J connectivity index is 1.80. The number of hydrogen-bond acceptors (Lipinski definition) is 8. The number of amides is 2. The monoisotopic (exact) mass is 512 g/mol. The van der Waals surface area contributed by atoms with Gasteiger partial charge in [0.2, 0.25) is 11.8 Å². The molecule has 0 saturated carbocycles. The van der Waals surface area contributed by atoms with E-state index in [1.54, 1.807) is 23.1 Å². The molecule has 2 heterocycles. The van der Waals surface area contributed by atoms with E-state index in [1.807, 2.05) is 6.92 Å². The Morgan fingerprint density at radius 3 is 2.76 bits per heavy atom. The molecule has 0 radical (unpaired) electrons. The Morgan fingerprint density at radius 2 is 2.11 bits per heavy atom. The van der Waals surface area contributed by atoms with Crippen LogP contribution in [0.5, 0.6) is 11.5 Å². The van der Waals surface area contributed by atoms with Crippen LogP contribution in [0.15, 0.2) is 46.8 Å². The van der Waals surface area contributed by atoms with Crippen LogP contribution in [0, 0.1) is 0 Å². The number of carbonyl (C=O) groups is 3. The molecule has 1 aliphatic carbocycles. The molecule has 0 unspecified atom stereocenters. The van der Waals surface area contributed by atoms with Gasteiger partial charge in [-0.1, -0.05) is 13.3 Å². The van der Waals surface area contributed by atoms with E-state index in [4.69, 9.17) is 13.9 Å². The first-order valence-corrected chi connectivity index (χ1v) is 12.4. The minimum Gasteiger partial charge on any atom is -0.493 e. The number of aliphatic hydroxyl groups is 2. The van der Waals surface area contributed by atoms with Crippen molar-refractivity contribution in [2.75, 3.05) is 20.3 Å². The molecule has 37 heavy (non-hydrogen) atoms. The lowest BCUT2D eigenvalue weighted by Crippen LogP contribution is -2.55. The maximum absolute atomic E-state index is 13.3. The lowest BCUT2D eigenvalue weighted by molar-refractivity contribution is -0.138. The van der Waals surface area contributed by atoms with Crippen LogP contribution in [-0.2, 0) is 16.1 Å². The van der Waals surface area contributed by atoms with E-state index in [0.29, 0.717) is 35.3 Å². The van der Waals surface area contributed by atoms with Gasteiger partial charge in [-0.05, 0) is 30.7 Å². The second-order valence-corrected chi connectivity index (χ2v) is 9.16. The van der Waals surface area contributed by atoms with Gasteiger partial charge < -0.3 is 34.3 Å². The average molecular weight is 513 g/mol. The molecular weight excluding hydrogens is 480 g/mol. The number of aliphatic hydroxyl groups excluding tert-OH is 2. The molecule has 2 aromatic rings. The van der Waals surface area contributed by atoms with Gasteiger partial charge in [0.15, 0.2) is 11.5 Å². The summed E-state index contributed by atoms with van der Waals surface area (Å²) in [6.07, 6.45) is 4.99. The second kappa shape index (κ2) is 11.6. The number of unbranched alkanes of at least 4 members (excludes halogenated alkanes) is 1. The Bertz CT molecular complexity index is 1160. The van der Waals surface area contributed by atoms with E-state index in [2.05, 4.69) is 5.32 Å². The zero-order valence-corrected chi connectivity index (χ0v) is 20.9. The summed E-state index contributed by atoms with van der Waals surface area (Å²) in [4.78, 5) is 39.8. The highest BCUT2D eigenvalue weighted by Gasteiger charge is 2.51. The minimum absolute atomic E-state index is 0.0281. The maximum atomic E-state index is 13.3. The van der Waals surface area contributed by atoms with Gasteiger partial charge in [-0.3, -0.25) is 14.4 Å². The average Bonchev–Trinajstić information content (AvgIpc) is 3.57. The number of furan rings is 1. The van der Waals surface area contributed by atoms with Gasteiger partial charge in [-0.15, -0.1) is 0 Å². The molecule has 0 saturated heterocycles. The van der Waals surface area contributed by atoms with Crippen LogP contribution < -0.4 is 14.8 Å². The third kappa shape index (κ3) is 5.26. The molecule has 0 spiro atoms. The van der Waals surface area contributed by atoms with Crippen LogP contribution in [0.4, 0.5) is 0 Å². The van der Waals surface area contributed by atoms with Gasteiger partial charge in [0.05, 0.1) is 38.2 Å². The number of carbonyl (C=O) groups excluding carboxylic acids is 3. The van der Waals surface area contributed by atoms with E-state index in [9.17, 15) is 24.6 Å². The first-order valence-electron chi connectivity index (χ1n) is 12.4. The molecule has 4 rings (SSSR count). The van der Waals surface area contributed by atoms with E-state index >= 15 is 0 Å². The van der Waals surface area contributed by atoms with Gasteiger partial charge in [-0.2, -0.15) is 0 Å². The zero-order chi connectivity index (χ0) is 26.5. The number of benzene rings is 1. The topological polar surface area (TPSA) is 139 Å². The molecule has 1 aromatic carbocycles. The number of aldehydes is 1. The molecule has 3 N–H and O–H groups in total. The predicted octanol–water partition coefficient (Wildman–Crippen LogP) is 1.94. The second-order valence-electron chi connectivity index (χ2n) is 9.16. The molecule has 2 aliphatic rings. The molecule has 1 aliphatic heterocycles. The fraction of sp³-hybridized carbons (Fsp3) is 0.444. The number of fused-ring (bicyclic) bond motifs is 3. The molecule has 4 atom stereocenters. The number of rotatable bonds is 11. The first kappa shape index (κ1) is 26.4. The lowest BCUT2D eigenvalue weighted by atomic mass is 9.77. The Kier molecular flexibility index (Phi) is 8.30. The predicted molar refractivity (Wildman–Crippen MR) is 132 cm³/mol. The molecular formula is C27H32N2O8. The Labute approximate surface area is 214 Å². The molecule has 10 nitrogen and oxygen atoms in total. The van der Waals surface area contributed by atoms with Crippen molar-refractivity contribution >= 4 is 18.1 Å². The van der Waals surface area contributed by atoms with Crippen molar-refractivity contribution in [2.24, 2.45) is 0 Å². The molecule has 2 amide bonds. The number of hydrogen-bond donors (Lipinski definition) is 3. The molecule has 0 bridgehead atoms. The normalized spacial score (nSPS) is 21.8. The minimum atomic E-state index is -1.19. The molecule has 10 heteroatoms. The summed E-state index contributed by atoms with van der Waals surface area (Å²) in [6, 6.07) is 4.01. The summed E-state index contributed by atoms with van der Waals surface area (Å²) in [7, 11) is 1.44. The Morgan fingerprint density at radius 1 is 1.30 bits per heavy atom. The van der Waals surface area contributed by atoms with E-state index in [-0.39, 0.29) is 37.6 Å². The summed E-state index contributed by atoms with van der Waals surface area (Å²) in [5.41, 5.74) is 1.89. The summed E-state index contributed by atoms with van der Waals surface area (Å²) < 4.78 is 16.8. The highest BCUT2D eigenvalue weighted by molar-refractivity contribution is 5.96. The van der Waals surface area contributed by atoms with Gasteiger partial charge in [-0.25, -0.2) is 0 Å². The van der Waals surface area contributed by atoms with Crippen LogP contribution in [0.25, 0.3) is 0 Å². The fourth-order valence-electron chi connectivity index (χ4n) is 4.97.